The highest BCUT2D eigenvalue weighted by Gasteiger charge is 2.23. The molecule has 1 heterocycles. The Morgan fingerprint density at radius 3 is 2.55 bits per heavy atom. The quantitative estimate of drug-likeness (QED) is 0.850. The smallest absolute Gasteiger partial charge is 0.290 e. The molecule has 116 valence electrons. The van der Waals surface area contributed by atoms with Crippen molar-refractivity contribution in [2.75, 3.05) is 0 Å². The van der Waals surface area contributed by atoms with Crippen molar-refractivity contribution in [1.82, 2.24) is 10.5 Å². The van der Waals surface area contributed by atoms with Crippen LogP contribution >= 0.6 is 0 Å². The lowest BCUT2D eigenvalue weighted by Crippen LogP contribution is -2.37. The molecule has 0 aliphatic rings. The molecule has 2 amide bonds. The number of benzene rings is 1. The van der Waals surface area contributed by atoms with Gasteiger partial charge in [0.1, 0.15) is 6.04 Å². The van der Waals surface area contributed by atoms with Crippen LogP contribution in [-0.4, -0.2) is 17.0 Å². The molecule has 0 saturated heterocycles. The maximum atomic E-state index is 12.2. The highest BCUT2D eigenvalue weighted by molar-refractivity contribution is 5.95. The van der Waals surface area contributed by atoms with Gasteiger partial charge in [-0.05, 0) is 17.9 Å². The minimum absolute atomic E-state index is 0.0674. The van der Waals surface area contributed by atoms with Gasteiger partial charge in [0, 0.05) is 6.07 Å². The first kappa shape index (κ1) is 15.8. The topological polar surface area (TPSA) is 98.2 Å². The number of hydrogen-bond donors (Lipinski definition) is 2. The predicted octanol–water partition coefficient (Wildman–Crippen LogP) is 1.83. The third-order valence-corrected chi connectivity index (χ3v) is 3.09. The Kier molecular flexibility index (Phi) is 4.93. The third-order valence-electron chi connectivity index (χ3n) is 3.09. The number of amides is 2. The summed E-state index contributed by atoms with van der Waals surface area (Å²) in [7, 11) is 0. The molecule has 6 nitrogen and oxygen atoms in total. The summed E-state index contributed by atoms with van der Waals surface area (Å²) in [4.78, 5) is 23.8. The van der Waals surface area contributed by atoms with Gasteiger partial charge in [-0.3, -0.25) is 9.59 Å². The Hall–Kier alpha value is -2.63. The molecule has 0 bridgehead atoms. The number of primary amides is 1. The molecule has 1 atom stereocenters. The first-order chi connectivity index (χ1) is 10.5. The fourth-order valence-corrected chi connectivity index (χ4v) is 2.10. The lowest BCUT2D eigenvalue weighted by Gasteiger charge is -2.14. The summed E-state index contributed by atoms with van der Waals surface area (Å²) in [6.07, 6.45) is 0.717. The molecular weight excluding hydrogens is 282 g/mol. The van der Waals surface area contributed by atoms with Crippen LogP contribution in [0.2, 0.25) is 0 Å². The average molecular weight is 301 g/mol. The third kappa shape index (κ3) is 3.94. The molecule has 2 aromatic rings. The zero-order valence-corrected chi connectivity index (χ0v) is 12.6. The molecule has 1 aromatic carbocycles. The zero-order valence-electron chi connectivity index (χ0n) is 12.6. The van der Waals surface area contributed by atoms with Gasteiger partial charge in [-0.25, -0.2) is 0 Å². The molecule has 0 aliphatic heterocycles. The number of nitrogens with two attached hydrogens (primary N) is 1. The molecule has 0 spiro atoms. The Balaban J connectivity index is 2.12. The van der Waals surface area contributed by atoms with E-state index in [-0.39, 0.29) is 5.76 Å². The van der Waals surface area contributed by atoms with Gasteiger partial charge in [-0.2, -0.15) is 0 Å². The van der Waals surface area contributed by atoms with Crippen LogP contribution in [-0.2, 0) is 11.2 Å². The molecule has 1 aromatic heterocycles. The lowest BCUT2D eigenvalue weighted by atomic mass is 10.1. The molecule has 0 unspecified atom stereocenters. The number of nitrogens with zero attached hydrogens (tertiary/aromatic N) is 1. The Morgan fingerprint density at radius 2 is 1.95 bits per heavy atom. The molecule has 22 heavy (non-hydrogen) atoms. The second-order valence-electron chi connectivity index (χ2n) is 5.50. The van der Waals surface area contributed by atoms with Crippen LogP contribution in [0.4, 0.5) is 0 Å². The van der Waals surface area contributed by atoms with Crippen molar-refractivity contribution in [3.63, 3.8) is 0 Å². The van der Waals surface area contributed by atoms with Gasteiger partial charge in [0.05, 0.1) is 5.69 Å². The van der Waals surface area contributed by atoms with E-state index >= 15 is 0 Å². The molecule has 6 heteroatoms. The van der Waals surface area contributed by atoms with Crippen LogP contribution in [0.15, 0.2) is 40.9 Å². The molecule has 0 aliphatic carbocycles. The molecule has 3 N–H and O–H groups in total. The van der Waals surface area contributed by atoms with E-state index < -0.39 is 17.9 Å². The van der Waals surface area contributed by atoms with E-state index in [1.807, 2.05) is 19.9 Å². The second-order valence-corrected chi connectivity index (χ2v) is 5.50. The van der Waals surface area contributed by atoms with Crippen LogP contribution in [0.5, 0.6) is 0 Å². The van der Waals surface area contributed by atoms with E-state index in [4.69, 9.17) is 10.3 Å². The largest absolute Gasteiger partial charge is 0.368 e. The Bertz CT molecular complexity index is 650. The fraction of sp³-hybridized carbons (Fsp3) is 0.312. The minimum atomic E-state index is -0.910. The summed E-state index contributed by atoms with van der Waals surface area (Å²) < 4.78 is 5.03. The van der Waals surface area contributed by atoms with E-state index in [0.29, 0.717) is 23.6 Å². The molecular formula is C16H19N3O3. The Morgan fingerprint density at radius 1 is 1.27 bits per heavy atom. The van der Waals surface area contributed by atoms with Gasteiger partial charge in [0.2, 0.25) is 11.7 Å². The summed E-state index contributed by atoms with van der Waals surface area (Å²) in [5, 5.41) is 6.42. The Labute approximate surface area is 128 Å². The van der Waals surface area contributed by atoms with Crippen molar-refractivity contribution >= 4 is 11.8 Å². The number of nitrogens with one attached hydrogen (secondary N) is 1. The molecule has 0 radical (unpaired) electrons. The monoisotopic (exact) mass is 301 g/mol. The highest BCUT2D eigenvalue weighted by Crippen LogP contribution is 2.14. The van der Waals surface area contributed by atoms with Gasteiger partial charge < -0.3 is 15.6 Å². The summed E-state index contributed by atoms with van der Waals surface area (Å²) in [6, 6.07) is 9.48. The summed E-state index contributed by atoms with van der Waals surface area (Å²) in [5.74, 6) is -0.682. The summed E-state index contributed by atoms with van der Waals surface area (Å²) in [6.45, 7) is 4.10. The van der Waals surface area contributed by atoms with E-state index in [9.17, 15) is 9.59 Å². The molecule has 0 fully saturated rings. The number of aromatic nitrogens is 1. The van der Waals surface area contributed by atoms with Crippen molar-refractivity contribution < 1.29 is 14.1 Å². The maximum Gasteiger partial charge on any atom is 0.290 e. The van der Waals surface area contributed by atoms with Crippen molar-refractivity contribution in [3.05, 3.63) is 53.4 Å². The van der Waals surface area contributed by atoms with E-state index in [0.717, 1.165) is 0 Å². The second kappa shape index (κ2) is 6.89. The normalized spacial score (nSPS) is 12.1. The van der Waals surface area contributed by atoms with Crippen LogP contribution in [0.25, 0.3) is 0 Å². The first-order valence-corrected chi connectivity index (χ1v) is 7.08. The van der Waals surface area contributed by atoms with Gasteiger partial charge in [-0.15, -0.1) is 0 Å². The molecule has 0 saturated carbocycles. The highest BCUT2D eigenvalue weighted by atomic mass is 16.5. The van der Waals surface area contributed by atoms with Crippen molar-refractivity contribution in [1.29, 1.82) is 0 Å². The zero-order chi connectivity index (χ0) is 16.1. The van der Waals surface area contributed by atoms with Crippen molar-refractivity contribution in [3.8, 4) is 0 Å². The standard InChI is InChI=1S/C16H19N3O3/c1-10(2)8-12-9-13(22-19-12)16(21)18-14(15(17)20)11-6-4-3-5-7-11/h3-7,9-10,14H,8H2,1-2H3,(H2,17,20)(H,18,21)/t14-/m0/s1. The van der Waals surface area contributed by atoms with Gasteiger partial charge in [0.25, 0.3) is 5.91 Å². The first-order valence-electron chi connectivity index (χ1n) is 7.08. The van der Waals surface area contributed by atoms with Crippen molar-refractivity contribution in [2.45, 2.75) is 26.3 Å². The molecule has 2 rings (SSSR count). The minimum Gasteiger partial charge on any atom is -0.368 e. The van der Waals surface area contributed by atoms with E-state index in [2.05, 4.69) is 10.5 Å². The number of carbonyl (C=O) groups excluding carboxylic acids is 2. The van der Waals surface area contributed by atoms with Crippen LogP contribution in [0.1, 0.15) is 41.7 Å². The SMILES string of the molecule is CC(C)Cc1cc(C(=O)N[C@H](C(N)=O)c2ccccc2)on1. The van der Waals surface area contributed by atoms with Crippen LogP contribution in [0, 0.1) is 5.92 Å². The summed E-state index contributed by atoms with van der Waals surface area (Å²) >= 11 is 0. The van der Waals surface area contributed by atoms with Crippen molar-refractivity contribution in [2.24, 2.45) is 11.7 Å². The lowest BCUT2D eigenvalue weighted by molar-refractivity contribution is -0.120. The predicted molar refractivity (Wildman–Crippen MR) is 80.9 cm³/mol. The van der Waals surface area contributed by atoms with Crippen LogP contribution < -0.4 is 11.1 Å². The average Bonchev–Trinajstić information content (AvgIpc) is 2.93. The van der Waals surface area contributed by atoms with Gasteiger partial charge in [0.15, 0.2) is 0 Å². The van der Waals surface area contributed by atoms with Crippen LogP contribution in [0.3, 0.4) is 0 Å². The van der Waals surface area contributed by atoms with Gasteiger partial charge >= 0.3 is 0 Å². The fourth-order valence-electron chi connectivity index (χ4n) is 2.10. The maximum absolute atomic E-state index is 12.2. The summed E-state index contributed by atoms with van der Waals surface area (Å²) in [5.41, 5.74) is 6.69. The van der Waals surface area contributed by atoms with Gasteiger partial charge in [-0.1, -0.05) is 49.3 Å². The number of hydrogen-bond acceptors (Lipinski definition) is 4. The number of carbonyl (C=O) groups is 2. The van der Waals surface area contributed by atoms with E-state index in [1.165, 1.54) is 0 Å². The van der Waals surface area contributed by atoms with E-state index in [1.54, 1.807) is 30.3 Å². The number of rotatable bonds is 6.